The fourth-order valence-corrected chi connectivity index (χ4v) is 3.14. The molecule has 0 aliphatic carbocycles. The van der Waals surface area contributed by atoms with Crippen molar-refractivity contribution in [3.63, 3.8) is 0 Å². The second-order valence-electron chi connectivity index (χ2n) is 7.04. The highest BCUT2D eigenvalue weighted by Gasteiger charge is 2.17. The zero-order chi connectivity index (χ0) is 23.1. The van der Waals surface area contributed by atoms with E-state index in [9.17, 15) is 14.4 Å². The van der Waals surface area contributed by atoms with Crippen LogP contribution >= 0.6 is 0 Å². The fourth-order valence-electron chi connectivity index (χ4n) is 3.14. The monoisotopic (exact) mass is 440 g/mol. The van der Waals surface area contributed by atoms with Crippen molar-refractivity contribution in [1.82, 2.24) is 0 Å². The molecule has 168 valence electrons. The fraction of sp³-hybridized carbons (Fsp3) is 0.292. The zero-order valence-corrected chi connectivity index (χ0v) is 18.1. The number of aryl methyl sites for hydroxylation is 2. The Hall–Kier alpha value is -3.65. The third-order valence-corrected chi connectivity index (χ3v) is 4.79. The van der Waals surface area contributed by atoms with Crippen LogP contribution in [-0.2, 0) is 20.7 Å². The first-order valence-electron chi connectivity index (χ1n) is 9.99. The van der Waals surface area contributed by atoms with Crippen LogP contribution in [0.15, 0.2) is 51.7 Å². The van der Waals surface area contributed by atoms with E-state index < -0.39 is 17.6 Å². The lowest BCUT2D eigenvalue weighted by Gasteiger charge is -2.13. The van der Waals surface area contributed by atoms with E-state index >= 15 is 0 Å². The van der Waals surface area contributed by atoms with Crippen LogP contribution in [0.5, 0.6) is 11.5 Å². The molecule has 0 aliphatic rings. The van der Waals surface area contributed by atoms with E-state index in [-0.39, 0.29) is 30.8 Å². The highest BCUT2D eigenvalue weighted by molar-refractivity contribution is 5.92. The number of fused-ring (bicyclic) bond motifs is 1. The van der Waals surface area contributed by atoms with E-state index in [2.05, 4.69) is 0 Å². The molecule has 0 saturated heterocycles. The highest BCUT2D eigenvalue weighted by Crippen LogP contribution is 2.29. The molecule has 1 heterocycles. The standard InChI is InChI=1S/C24H24O8/c1-15-11-23(26)31-21-14-20(32-24(27)17-5-4-6-18(12-17)29-3)16(13-19(15)21)7-8-22(25)30-10-9-28-2/h4-6,11-14H,7-10H2,1-3H3. The molecule has 0 aliphatic heterocycles. The van der Waals surface area contributed by atoms with Crippen molar-refractivity contribution >= 4 is 22.9 Å². The average molecular weight is 440 g/mol. The van der Waals surface area contributed by atoms with Crippen LogP contribution in [0.1, 0.15) is 27.9 Å². The summed E-state index contributed by atoms with van der Waals surface area (Å²) in [7, 11) is 3.02. The van der Waals surface area contributed by atoms with Crippen molar-refractivity contribution in [2.75, 3.05) is 27.4 Å². The van der Waals surface area contributed by atoms with Gasteiger partial charge in [0.15, 0.2) is 0 Å². The summed E-state index contributed by atoms with van der Waals surface area (Å²) in [5.41, 5.74) is 1.39. The van der Waals surface area contributed by atoms with Gasteiger partial charge in [-0.2, -0.15) is 0 Å². The van der Waals surface area contributed by atoms with Gasteiger partial charge < -0.3 is 23.4 Å². The second kappa shape index (κ2) is 10.6. The van der Waals surface area contributed by atoms with E-state index in [1.165, 1.54) is 26.4 Å². The molecule has 0 unspecified atom stereocenters. The molecule has 0 spiro atoms. The molecule has 1 aromatic heterocycles. The van der Waals surface area contributed by atoms with E-state index in [1.807, 2.05) is 0 Å². The molecule has 0 N–H and O–H groups in total. The van der Waals surface area contributed by atoms with Gasteiger partial charge in [-0.05, 0) is 48.7 Å². The van der Waals surface area contributed by atoms with Crippen LogP contribution in [0.2, 0.25) is 0 Å². The van der Waals surface area contributed by atoms with E-state index in [0.717, 1.165) is 0 Å². The first-order valence-corrected chi connectivity index (χ1v) is 9.99. The Labute approximate surface area is 184 Å². The van der Waals surface area contributed by atoms with E-state index in [0.29, 0.717) is 34.4 Å². The molecule has 0 saturated carbocycles. The Morgan fingerprint density at radius 1 is 1.03 bits per heavy atom. The number of carbonyl (C=O) groups is 2. The zero-order valence-electron chi connectivity index (χ0n) is 18.1. The number of benzene rings is 2. The maximum absolute atomic E-state index is 12.7. The molecular weight excluding hydrogens is 416 g/mol. The van der Waals surface area contributed by atoms with E-state index in [1.54, 1.807) is 37.3 Å². The highest BCUT2D eigenvalue weighted by atomic mass is 16.6. The van der Waals surface area contributed by atoms with Gasteiger partial charge in [0, 0.05) is 31.0 Å². The van der Waals surface area contributed by atoms with Gasteiger partial charge in [-0.25, -0.2) is 9.59 Å². The molecule has 32 heavy (non-hydrogen) atoms. The summed E-state index contributed by atoms with van der Waals surface area (Å²) in [6.45, 7) is 2.25. The SMILES string of the molecule is COCCOC(=O)CCc1cc2c(C)cc(=O)oc2cc1OC(=O)c1cccc(OC)c1. The van der Waals surface area contributed by atoms with Crippen LogP contribution in [0.3, 0.4) is 0 Å². The van der Waals surface area contributed by atoms with Gasteiger partial charge in [0.1, 0.15) is 23.7 Å². The number of carbonyl (C=O) groups excluding carboxylic acids is 2. The lowest BCUT2D eigenvalue weighted by atomic mass is 10.0. The van der Waals surface area contributed by atoms with Gasteiger partial charge >= 0.3 is 17.6 Å². The summed E-state index contributed by atoms with van der Waals surface area (Å²) in [6.07, 6.45) is 0.343. The molecule has 0 atom stereocenters. The second-order valence-corrected chi connectivity index (χ2v) is 7.04. The third-order valence-electron chi connectivity index (χ3n) is 4.79. The summed E-state index contributed by atoms with van der Waals surface area (Å²) in [5.74, 6) is -0.298. The summed E-state index contributed by atoms with van der Waals surface area (Å²) < 4.78 is 26.0. The van der Waals surface area contributed by atoms with Gasteiger partial charge in [-0.15, -0.1) is 0 Å². The topological polar surface area (TPSA) is 101 Å². The van der Waals surface area contributed by atoms with Crippen molar-refractivity contribution in [2.45, 2.75) is 19.8 Å². The third kappa shape index (κ3) is 5.73. The molecule has 8 nitrogen and oxygen atoms in total. The number of hydrogen-bond donors (Lipinski definition) is 0. The number of methoxy groups -OCH3 is 2. The molecular formula is C24H24O8. The predicted molar refractivity (Wildman–Crippen MR) is 116 cm³/mol. The van der Waals surface area contributed by atoms with Crippen LogP contribution in [-0.4, -0.2) is 39.4 Å². The van der Waals surface area contributed by atoms with Crippen molar-refractivity contribution in [1.29, 1.82) is 0 Å². The predicted octanol–water partition coefficient (Wildman–Crippen LogP) is 3.45. The Balaban J connectivity index is 1.91. The van der Waals surface area contributed by atoms with Gasteiger partial charge in [0.2, 0.25) is 0 Å². The van der Waals surface area contributed by atoms with E-state index in [4.69, 9.17) is 23.4 Å². The maximum Gasteiger partial charge on any atom is 0.343 e. The summed E-state index contributed by atoms with van der Waals surface area (Å²) in [6, 6.07) is 11.2. The molecule has 3 aromatic rings. The van der Waals surface area contributed by atoms with Crippen molar-refractivity contribution in [2.24, 2.45) is 0 Å². The summed E-state index contributed by atoms with van der Waals surface area (Å²) >= 11 is 0. The minimum atomic E-state index is -0.609. The van der Waals surface area contributed by atoms with Gasteiger partial charge in [0.05, 0.1) is 19.3 Å². The molecule has 8 heteroatoms. The summed E-state index contributed by atoms with van der Waals surface area (Å²) in [5, 5.41) is 0.688. The maximum atomic E-state index is 12.7. The molecule has 3 rings (SSSR count). The van der Waals surface area contributed by atoms with Crippen molar-refractivity contribution in [3.05, 3.63) is 69.6 Å². The lowest BCUT2D eigenvalue weighted by Crippen LogP contribution is -2.12. The number of hydrogen-bond acceptors (Lipinski definition) is 8. The van der Waals surface area contributed by atoms with Gasteiger partial charge in [0.25, 0.3) is 0 Å². The van der Waals surface area contributed by atoms with Crippen molar-refractivity contribution in [3.8, 4) is 11.5 Å². The smallest absolute Gasteiger partial charge is 0.343 e. The normalized spacial score (nSPS) is 10.7. The first-order chi connectivity index (χ1) is 15.4. The lowest BCUT2D eigenvalue weighted by molar-refractivity contribution is -0.144. The van der Waals surface area contributed by atoms with Crippen LogP contribution in [0, 0.1) is 6.92 Å². The molecule has 0 amide bonds. The minimum Gasteiger partial charge on any atom is -0.497 e. The van der Waals surface area contributed by atoms with Crippen molar-refractivity contribution < 1.29 is 33.0 Å². The quantitative estimate of drug-likeness (QED) is 0.216. The average Bonchev–Trinajstić information content (AvgIpc) is 2.78. The minimum absolute atomic E-state index is 0.0781. The van der Waals surface area contributed by atoms with Crippen LogP contribution in [0.25, 0.3) is 11.0 Å². The number of rotatable bonds is 9. The Kier molecular flexibility index (Phi) is 7.62. The number of ether oxygens (including phenoxy) is 4. The Bertz CT molecular complexity index is 1180. The number of esters is 2. The van der Waals surface area contributed by atoms with Gasteiger partial charge in [-0.1, -0.05) is 6.07 Å². The Morgan fingerprint density at radius 2 is 1.84 bits per heavy atom. The Morgan fingerprint density at radius 3 is 2.59 bits per heavy atom. The van der Waals surface area contributed by atoms with Crippen LogP contribution in [0.4, 0.5) is 0 Å². The molecule has 0 fully saturated rings. The molecule has 0 radical (unpaired) electrons. The first kappa shape index (κ1) is 23.0. The molecule has 2 aromatic carbocycles. The largest absolute Gasteiger partial charge is 0.497 e. The molecule has 0 bridgehead atoms. The van der Waals surface area contributed by atoms with Crippen LogP contribution < -0.4 is 15.1 Å². The van der Waals surface area contributed by atoms with Gasteiger partial charge in [-0.3, -0.25) is 4.79 Å². The summed E-state index contributed by atoms with van der Waals surface area (Å²) in [4.78, 5) is 36.6.